The largest absolute Gasteiger partial charge is 0.444 e. The zero-order valence-corrected chi connectivity index (χ0v) is 19.2. The lowest BCUT2D eigenvalue weighted by Crippen LogP contribution is -2.44. The maximum Gasteiger partial charge on any atom is 0.408 e. The van der Waals surface area contributed by atoms with Crippen LogP contribution in [0.25, 0.3) is 0 Å². The van der Waals surface area contributed by atoms with Crippen molar-refractivity contribution in [2.75, 3.05) is 33.9 Å². The molecule has 1 aromatic rings. The van der Waals surface area contributed by atoms with Gasteiger partial charge < -0.3 is 25.4 Å². The summed E-state index contributed by atoms with van der Waals surface area (Å²) in [5.41, 5.74) is 0.443. The fraction of sp³-hybridized carbons (Fsp3) is 0.579. The van der Waals surface area contributed by atoms with Gasteiger partial charge in [-0.15, -0.1) is 24.0 Å². The van der Waals surface area contributed by atoms with Gasteiger partial charge in [-0.05, 0) is 32.8 Å². The molecule has 0 aliphatic rings. The van der Waals surface area contributed by atoms with Crippen molar-refractivity contribution >= 4 is 36.0 Å². The highest BCUT2D eigenvalue weighted by atomic mass is 127. The highest BCUT2D eigenvalue weighted by Crippen LogP contribution is 2.14. The maximum atomic E-state index is 12.2. The average molecular weight is 492 g/mol. The second-order valence-electron chi connectivity index (χ2n) is 6.84. The number of guanidine groups is 1. The molecule has 8 heteroatoms. The molecule has 1 aromatic carbocycles. The van der Waals surface area contributed by atoms with Crippen molar-refractivity contribution in [2.45, 2.75) is 38.8 Å². The number of ether oxygens (including phenoxy) is 2. The predicted molar refractivity (Wildman–Crippen MR) is 120 cm³/mol. The Balaban J connectivity index is 0.00000676. The van der Waals surface area contributed by atoms with Gasteiger partial charge in [0, 0.05) is 33.9 Å². The lowest BCUT2D eigenvalue weighted by Gasteiger charge is -2.24. The van der Waals surface area contributed by atoms with Crippen LogP contribution < -0.4 is 16.0 Å². The summed E-state index contributed by atoms with van der Waals surface area (Å²) in [6.45, 7) is 7.45. The molecule has 0 fully saturated rings. The van der Waals surface area contributed by atoms with Crippen molar-refractivity contribution in [3.8, 4) is 0 Å². The van der Waals surface area contributed by atoms with Crippen molar-refractivity contribution in [1.82, 2.24) is 16.0 Å². The van der Waals surface area contributed by atoms with Crippen molar-refractivity contribution in [3.05, 3.63) is 35.9 Å². The van der Waals surface area contributed by atoms with E-state index in [1.54, 1.807) is 14.2 Å². The molecule has 0 saturated heterocycles. The summed E-state index contributed by atoms with van der Waals surface area (Å²) in [5.74, 6) is 0.674. The average Bonchev–Trinajstić information content (AvgIpc) is 2.59. The molecule has 0 radical (unpaired) electrons. The minimum atomic E-state index is -0.544. The SMILES string of the molecule is CN=C(NCCCOC)NCC(NC(=O)OC(C)(C)C)c1ccccc1.I. The van der Waals surface area contributed by atoms with Crippen molar-refractivity contribution in [3.63, 3.8) is 0 Å². The van der Waals surface area contributed by atoms with Gasteiger partial charge in [0.1, 0.15) is 5.60 Å². The van der Waals surface area contributed by atoms with Gasteiger partial charge in [-0.25, -0.2) is 4.79 Å². The number of nitrogens with zero attached hydrogens (tertiary/aromatic N) is 1. The second-order valence-corrected chi connectivity index (χ2v) is 6.84. The topological polar surface area (TPSA) is 84.0 Å². The Morgan fingerprint density at radius 1 is 1.19 bits per heavy atom. The summed E-state index contributed by atoms with van der Waals surface area (Å²) >= 11 is 0. The summed E-state index contributed by atoms with van der Waals surface area (Å²) in [5, 5.41) is 9.38. The molecule has 154 valence electrons. The quantitative estimate of drug-likeness (QED) is 0.225. The molecule has 1 rings (SSSR count). The summed E-state index contributed by atoms with van der Waals surface area (Å²) in [7, 11) is 3.39. The van der Waals surface area contributed by atoms with Gasteiger partial charge in [-0.3, -0.25) is 4.99 Å². The van der Waals surface area contributed by atoms with E-state index in [4.69, 9.17) is 9.47 Å². The third-order valence-corrected chi connectivity index (χ3v) is 3.41. The fourth-order valence-electron chi connectivity index (χ4n) is 2.23. The number of alkyl carbamates (subject to hydrolysis) is 1. The first kappa shape index (κ1) is 25.4. The van der Waals surface area contributed by atoms with Crippen LogP contribution in [0.5, 0.6) is 0 Å². The van der Waals surface area contributed by atoms with Crippen LogP contribution in [0.3, 0.4) is 0 Å². The molecule has 0 saturated carbocycles. The Hall–Kier alpha value is -1.55. The van der Waals surface area contributed by atoms with Crippen molar-refractivity contribution in [1.29, 1.82) is 0 Å². The Kier molecular flexibility index (Phi) is 12.8. The van der Waals surface area contributed by atoms with Gasteiger partial charge in [-0.1, -0.05) is 30.3 Å². The zero-order chi connectivity index (χ0) is 19.4. The normalized spacial score (nSPS) is 12.6. The fourth-order valence-corrected chi connectivity index (χ4v) is 2.23. The molecule has 0 aliphatic heterocycles. The van der Waals surface area contributed by atoms with E-state index in [2.05, 4.69) is 20.9 Å². The Morgan fingerprint density at radius 2 is 1.85 bits per heavy atom. The summed E-state index contributed by atoms with van der Waals surface area (Å²) in [4.78, 5) is 16.4. The minimum Gasteiger partial charge on any atom is -0.444 e. The maximum absolute atomic E-state index is 12.2. The lowest BCUT2D eigenvalue weighted by atomic mass is 10.1. The molecular weight excluding hydrogens is 459 g/mol. The van der Waals surface area contributed by atoms with Crippen LogP contribution in [0.1, 0.15) is 38.8 Å². The Morgan fingerprint density at radius 3 is 2.41 bits per heavy atom. The van der Waals surface area contributed by atoms with Crippen LogP contribution in [-0.2, 0) is 9.47 Å². The van der Waals surface area contributed by atoms with E-state index in [1.165, 1.54) is 0 Å². The number of nitrogens with one attached hydrogen (secondary N) is 3. The van der Waals surface area contributed by atoms with Gasteiger partial charge in [0.2, 0.25) is 0 Å². The zero-order valence-electron chi connectivity index (χ0n) is 16.9. The number of hydrogen-bond donors (Lipinski definition) is 3. The third-order valence-electron chi connectivity index (χ3n) is 3.41. The number of carbonyl (C=O) groups is 1. The summed E-state index contributed by atoms with van der Waals surface area (Å²) in [6, 6.07) is 9.52. The number of halogens is 1. The molecule has 0 spiro atoms. The van der Waals surface area contributed by atoms with Crippen molar-refractivity contribution in [2.24, 2.45) is 4.99 Å². The first-order valence-electron chi connectivity index (χ1n) is 8.83. The van der Waals surface area contributed by atoms with E-state index in [0.29, 0.717) is 19.1 Å². The number of methoxy groups -OCH3 is 1. The van der Waals surface area contributed by atoms with Crippen LogP contribution >= 0.6 is 24.0 Å². The molecule has 0 heterocycles. The standard InChI is InChI=1S/C19H32N4O3.HI/c1-19(2,3)26-18(24)23-16(15-10-7-6-8-11-15)14-22-17(20-4)21-12-9-13-25-5;/h6-8,10-11,16H,9,12-14H2,1-5H3,(H,23,24)(H2,20,21,22);1H. The van der Waals surface area contributed by atoms with Gasteiger partial charge in [0.05, 0.1) is 6.04 Å². The first-order valence-corrected chi connectivity index (χ1v) is 8.83. The van der Waals surface area contributed by atoms with E-state index >= 15 is 0 Å². The van der Waals surface area contributed by atoms with Crippen LogP contribution in [0, 0.1) is 0 Å². The van der Waals surface area contributed by atoms with E-state index in [-0.39, 0.29) is 30.0 Å². The third kappa shape index (κ3) is 11.7. The molecule has 27 heavy (non-hydrogen) atoms. The molecule has 1 unspecified atom stereocenters. The monoisotopic (exact) mass is 492 g/mol. The van der Waals surface area contributed by atoms with Gasteiger partial charge in [0.25, 0.3) is 0 Å². The summed E-state index contributed by atoms with van der Waals surface area (Å²) in [6.07, 6.45) is 0.436. The van der Waals surface area contributed by atoms with E-state index in [0.717, 1.165) is 18.5 Å². The number of aliphatic imine (C=N–C) groups is 1. The second kappa shape index (κ2) is 13.6. The molecule has 7 nitrogen and oxygen atoms in total. The molecule has 0 aromatic heterocycles. The van der Waals surface area contributed by atoms with Gasteiger partial charge >= 0.3 is 6.09 Å². The van der Waals surface area contributed by atoms with E-state index < -0.39 is 11.7 Å². The predicted octanol–water partition coefficient (Wildman–Crippen LogP) is 3.07. The highest BCUT2D eigenvalue weighted by molar-refractivity contribution is 14.0. The van der Waals surface area contributed by atoms with Crippen molar-refractivity contribution < 1.29 is 14.3 Å². The van der Waals surface area contributed by atoms with E-state index in [1.807, 2.05) is 51.1 Å². The molecule has 3 N–H and O–H groups in total. The first-order chi connectivity index (χ1) is 12.4. The van der Waals surface area contributed by atoms with Crippen LogP contribution in [0.15, 0.2) is 35.3 Å². The lowest BCUT2D eigenvalue weighted by molar-refractivity contribution is 0.0504. The smallest absolute Gasteiger partial charge is 0.408 e. The summed E-state index contributed by atoms with van der Waals surface area (Å²) < 4.78 is 10.4. The molecule has 1 atom stereocenters. The minimum absolute atomic E-state index is 0. The van der Waals surface area contributed by atoms with E-state index in [9.17, 15) is 4.79 Å². The number of benzene rings is 1. The molecular formula is C19H33IN4O3. The molecule has 0 bridgehead atoms. The molecule has 0 aliphatic carbocycles. The van der Waals surface area contributed by atoms with Crippen LogP contribution in [-0.4, -0.2) is 51.5 Å². The number of rotatable bonds is 8. The van der Waals surface area contributed by atoms with Gasteiger partial charge in [-0.2, -0.15) is 0 Å². The highest BCUT2D eigenvalue weighted by Gasteiger charge is 2.20. The van der Waals surface area contributed by atoms with Crippen LogP contribution in [0.2, 0.25) is 0 Å². The molecule has 1 amide bonds. The van der Waals surface area contributed by atoms with Gasteiger partial charge in [0.15, 0.2) is 5.96 Å². The number of hydrogen-bond acceptors (Lipinski definition) is 4. The van der Waals surface area contributed by atoms with Crippen LogP contribution in [0.4, 0.5) is 4.79 Å². The Labute approximate surface area is 179 Å². The number of amides is 1. The Bertz CT molecular complexity index is 562. The number of carbonyl (C=O) groups excluding carboxylic acids is 1.